The summed E-state index contributed by atoms with van der Waals surface area (Å²) in [6, 6.07) is 15.4. The van der Waals surface area contributed by atoms with Crippen LogP contribution in [0.2, 0.25) is 0 Å². The summed E-state index contributed by atoms with van der Waals surface area (Å²) in [6.45, 7) is 1.18. The minimum Gasteiger partial charge on any atom is -0.457 e. The minimum absolute atomic E-state index is 0. The van der Waals surface area contributed by atoms with Crippen molar-refractivity contribution < 1.29 is 14.3 Å². The van der Waals surface area contributed by atoms with Gasteiger partial charge in [0.2, 0.25) is 5.91 Å². The first-order valence-corrected chi connectivity index (χ1v) is 8.38. The molecule has 0 heterocycles. The highest BCUT2D eigenvalue weighted by atomic mass is 35.5. The molecular weight excluding hydrogens is 368 g/mol. The molecule has 0 aromatic heterocycles. The second-order valence-corrected chi connectivity index (χ2v) is 5.71. The summed E-state index contributed by atoms with van der Waals surface area (Å²) in [4.78, 5) is 23.4. The normalized spacial score (nSPS) is 11.0. The van der Waals surface area contributed by atoms with E-state index in [9.17, 15) is 9.59 Å². The van der Waals surface area contributed by atoms with Crippen LogP contribution in [0.1, 0.15) is 18.0 Å². The lowest BCUT2D eigenvalue weighted by Crippen LogP contribution is -2.37. The van der Waals surface area contributed by atoms with E-state index in [1.165, 1.54) is 0 Å². The van der Waals surface area contributed by atoms with E-state index in [1.54, 1.807) is 6.07 Å². The zero-order valence-electron chi connectivity index (χ0n) is 15.1. The molecule has 146 valence electrons. The fraction of sp³-hybridized carbons (Fsp3) is 0.263. The number of carbonyl (C=O) groups excluding carboxylic acids is 2. The highest BCUT2D eigenvalue weighted by Gasteiger charge is 2.18. The smallest absolute Gasteiger partial charge is 0.312 e. The molecule has 8 heteroatoms. The maximum atomic E-state index is 12.1. The van der Waals surface area contributed by atoms with Crippen molar-refractivity contribution in [3.05, 3.63) is 60.2 Å². The average molecular weight is 393 g/mol. The number of hydrogen-bond acceptors (Lipinski definition) is 4. The number of urea groups is 1. The molecule has 0 aliphatic heterocycles. The second-order valence-electron chi connectivity index (χ2n) is 5.71. The van der Waals surface area contributed by atoms with Crippen molar-refractivity contribution >= 4 is 24.3 Å². The Hall–Kier alpha value is -2.77. The second kappa shape index (κ2) is 11.8. The summed E-state index contributed by atoms with van der Waals surface area (Å²) in [6.07, 6.45) is 0.0848. The number of amides is 3. The van der Waals surface area contributed by atoms with Crippen molar-refractivity contribution in [2.75, 3.05) is 20.1 Å². The van der Waals surface area contributed by atoms with Crippen LogP contribution >= 0.6 is 12.4 Å². The van der Waals surface area contributed by atoms with Gasteiger partial charge in [0.05, 0.1) is 12.5 Å². The SMILES string of the molecule is CNCCNC(=O)CC(NC(N)=O)c1cccc(Oc2ccccc2)c1.Cl. The van der Waals surface area contributed by atoms with Crippen LogP contribution in [-0.4, -0.2) is 32.1 Å². The van der Waals surface area contributed by atoms with E-state index in [4.69, 9.17) is 10.5 Å². The predicted octanol–water partition coefficient (Wildman–Crippen LogP) is 2.34. The molecule has 1 unspecified atom stereocenters. The van der Waals surface area contributed by atoms with Gasteiger partial charge in [0.1, 0.15) is 11.5 Å². The molecule has 0 saturated heterocycles. The molecule has 2 aromatic carbocycles. The number of primary amides is 1. The summed E-state index contributed by atoms with van der Waals surface area (Å²) < 4.78 is 5.81. The Morgan fingerprint density at radius 3 is 2.41 bits per heavy atom. The van der Waals surface area contributed by atoms with E-state index in [2.05, 4.69) is 16.0 Å². The Morgan fingerprint density at radius 2 is 1.74 bits per heavy atom. The third-order valence-corrected chi connectivity index (χ3v) is 3.64. The molecule has 5 N–H and O–H groups in total. The predicted molar refractivity (Wildman–Crippen MR) is 107 cm³/mol. The van der Waals surface area contributed by atoms with Crippen LogP contribution in [0, 0.1) is 0 Å². The summed E-state index contributed by atoms with van der Waals surface area (Å²) in [5.74, 6) is 1.14. The van der Waals surface area contributed by atoms with Gasteiger partial charge in [-0.25, -0.2) is 4.79 Å². The van der Waals surface area contributed by atoms with Crippen LogP contribution in [0.5, 0.6) is 11.5 Å². The van der Waals surface area contributed by atoms with E-state index >= 15 is 0 Å². The maximum absolute atomic E-state index is 12.1. The molecule has 2 rings (SSSR count). The Bertz CT molecular complexity index is 728. The quantitative estimate of drug-likeness (QED) is 0.491. The molecule has 0 radical (unpaired) electrons. The standard InChI is InChI=1S/C19H24N4O3.ClH/c1-21-10-11-22-18(24)13-17(23-19(20)25)14-6-5-9-16(12-14)26-15-7-3-2-4-8-15;/h2-9,12,17,21H,10-11,13H2,1H3,(H,22,24)(H3,20,23,25);1H. The van der Waals surface area contributed by atoms with Crippen molar-refractivity contribution in [1.29, 1.82) is 0 Å². The number of halogens is 1. The summed E-state index contributed by atoms with van der Waals surface area (Å²) in [5, 5.41) is 8.35. The first-order chi connectivity index (χ1) is 12.6. The number of ether oxygens (including phenoxy) is 1. The minimum atomic E-state index is -0.688. The van der Waals surface area contributed by atoms with E-state index in [1.807, 2.05) is 55.6 Å². The highest BCUT2D eigenvalue weighted by molar-refractivity contribution is 5.85. The number of likely N-dealkylation sites (N-methyl/N-ethyl adjacent to an activating group) is 1. The van der Waals surface area contributed by atoms with E-state index in [-0.39, 0.29) is 24.7 Å². The fourth-order valence-electron chi connectivity index (χ4n) is 2.43. The number of hydrogen-bond donors (Lipinski definition) is 4. The van der Waals surface area contributed by atoms with Crippen molar-refractivity contribution in [2.24, 2.45) is 5.73 Å². The molecule has 27 heavy (non-hydrogen) atoms. The molecule has 0 aliphatic rings. The van der Waals surface area contributed by atoms with Gasteiger partial charge >= 0.3 is 6.03 Å². The van der Waals surface area contributed by atoms with Crippen molar-refractivity contribution in [1.82, 2.24) is 16.0 Å². The Labute approximate surface area is 165 Å². The van der Waals surface area contributed by atoms with Gasteiger partial charge in [0.15, 0.2) is 0 Å². The Balaban J connectivity index is 0.00000364. The largest absolute Gasteiger partial charge is 0.457 e. The van der Waals surface area contributed by atoms with Gasteiger partial charge in [-0.15, -0.1) is 12.4 Å². The molecule has 2 aromatic rings. The maximum Gasteiger partial charge on any atom is 0.312 e. The van der Waals surface area contributed by atoms with Gasteiger partial charge in [0.25, 0.3) is 0 Å². The molecule has 3 amide bonds. The molecular formula is C19H25ClN4O3. The Kier molecular flexibility index (Phi) is 9.71. The highest BCUT2D eigenvalue weighted by Crippen LogP contribution is 2.25. The van der Waals surface area contributed by atoms with Gasteiger partial charge in [-0.05, 0) is 36.9 Å². The molecule has 0 aliphatic carbocycles. The first kappa shape index (κ1) is 22.3. The van der Waals surface area contributed by atoms with Crippen LogP contribution < -0.4 is 26.4 Å². The number of benzene rings is 2. The summed E-state index contributed by atoms with van der Waals surface area (Å²) in [5.41, 5.74) is 6.00. The van der Waals surface area contributed by atoms with Crippen LogP contribution in [0.25, 0.3) is 0 Å². The molecule has 7 nitrogen and oxygen atoms in total. The van der Waals surface area contributed by atoms with E-state index in [0.29, 0.717) is 24.6 Å². The Morgan fingerprint density at radius 1 is 1.04 bits per heavy atom. The fourth-order valence-corrected chi connectivity index (χ4v) is 2.43. The van der Waals surface area contributed by atoms with E-state index in [0.717, 1.165) is 5.56 Å². The van der Waals surface area contributed by atoms with Gasteiger partial charge in [-0.2, -0.15) is 0 Å². The molecule has 0 saturated carbocycles. The lowest BCUT2D eigenvalue weighted by Gasteiger charge is -2.18. The number of nitrogens with two attached hydrogens (primary N) is 1. The number of carbonyl (C=O) groups is 2. The van der Waals surface area contributed by atoms with Gasteiger partial charge in [-0.1, -0.05) is 30.3 Å². The average Bonchev–Trinajstić information content (AvgIpc) is 2.62. The van der Waals surface area contributed by atoms with Gasteiger partial charge < -0.3 is 26.4 Å². The molecule has 0 fully saturated rings. The van der Waals surface area contributed by atoms with Crippen molar-refractivity contribution in [3.8, 4) is 11.5 Å². The van der Waals surface area contributed by atoms with Crippen LogP contribution in [0.4, 0.5) is 4.79 Å². The van der Waals surface area contributed by atoms with Crippen molar-refractivity contribution in [2.45, 2.75) is 12.5 Å². The van der Waals surface area contributed by atoms with Gasteiger partial charge in [-0.3, -0.25) is 4.79 Å². The summed E-state index contributed by atoms with van der Waals surface area (Å²) >= 11 is 0. The van der Waals surface area contributed by atoms with Gasteiger partial charge in [0, 0.05) is 13.1 Å². The number of rotatable bonds is 9. The number of para-hydroxylation sites is 1. The molecule has 0 bridgehead atoms. The van der Waals surface area contributed by atoms with Crippen molar-refractivity contribution in [3.63, 3.8) is 0 Å². The van der Waals surface area contributed by atoms with Crippen LogP contribution in [0.15, 0.2) is 54.6 Å². The van der Waals surface area contributed by atoms with Crippen LogP contribution in [-0.2, 0) is 4.79 Å². The summed E-state index contributed by atoms with van der Waals surface area (Å²) in [7, 11) is 1.81. The topological polar surface area (TPSA) is 105 Å². The van der Waals surface area contributed by atoms with Crippen LogP contribution in [0.3, 0.4) is 0 Å². The molecule has 0 spiro atoms. The lowest BCUT2D eigenvalue weighted by molar-refractivity contribution is -0.121. The third-order valence-electron chi connectivity index (χ3n) is 3.64. The zero-order valence-corrected chi connectivity index (χ0v) is 15.9. The lowest BCUT2D eigenvalue weighted by atomic mass is 10.0. The zero-order chi connectivity index (χ0) is 18.8. The molecule has 1 atom stereocenters. The monoisotopic (exact) mass is 392 g/mol. The van der Waals surface area contributed by atoms with E-state index < -0.39 is 12.1 Å². The first-order valence-electron chi connectivity index (χ1n) is 8.38. The third kappa shape index (κ3) is 7.98. The number of nitrogens with one attached hydrogen (secondary N) is 3.